The molecule has 0 aromatic rings. The van der Waals surface area contributed by atoms with Gasteiger partial charge in [-0.25, -0.2) is 9.59 Å². The Morgan fingerprint density at radius 3 is 1.50 bits per heavy atom. The molecule has 0 radical (unpaired) electrons. The maximum atomic E-state index is 10.2. The summed E-state index contributed by atoms with van der Waals surface area (Å²) in [6.45, 7) is 0. The van der Waals surface area contributed by atoms with Gasteiger partial charge in [0.1, 0.15) is 0 Å². The van der Waals surface area contributed by atoms with Crippen molar-refractivity contribution in [3.63, 3.8) is 0 Å². The molecule has 0 fully saturated rings. The van der Waals surface area contributed by atoms with Crippen molar-refractivity contribution in [1.29, 1.82) is 0 Å². The average molecular weight is 294 g/mol. The third-order valence-corrected chi connectivity index (χ3v) is 1.72. The number of ketones is 1. The summed E-state index contributed by atoms with van der Waals surface area (Å²) in [5.41, 5.74) is 0. The van der Waals surface area contributed by atoms with E-state index in [9.17, 15) is 24.0 Å². The Morgan fingerprint density at radius 1 is 0.750 bits per heavy atom. The van der Waals surface area contributed by atoms with Crippen LogP contribution in [0.2, 0.25) is 0 Å². The molecule has 0 saturated heterocycles. The number of hydrogen-bond acceptors (Lipinski definition) is 6. The van der Waals surface area contributed by atoms with E-state index in [0.717, 1.165) is 0 Å². The van der Waals surface area contributed by atoms with E-state index in [1.807, 2.05) is 0 Å². The lowest BCUT2D eigenvalue weighted by Gasteiger charge is -2.00. The number of hydrogen-bond donors (Lipinski definition) is 5. The number of rotatable bonds is 8. The zero-order valence-corrected chi connectivity index (χ0v) is 10.2. The Hall–Kier alpha value is -2.49. The molecule has 0 heterocycles. The van der Waals surface area contributed by atoms with E-state index in [1.165, 1.54) is 0 Å². The Labute approximate surface area is 112 Å². The van der Waals surface area contributed by atoms with Gasteiger partial charge < -0.3 is 25.5 Å². The van der Waals surface area contributed by atoms with Crippen LogP contribution in [0.3, 0.4) is 0 Å². The third kappa shape index (κ3) is 13.6. The number of carbonyl (C=O) groups is 5. The molecule has 0 amide bonds. The predicted molar refractivity (Wildman–Crippen MR) is 60.0 cm³/mol. The van der Waals surface area contributed by atoms with Crippen molar-refractivity contribution in [1.82, 2.24) is 0 Å². The van der Waals surface area contributed by atoms with E-state index < -0.39 is 48.6 Å². The van der Waals surface area contributed by atoms with E-state index in [4.69, 9.17) is 25.5 Å². The van der Waals surface area contributed by atoms with Crippen LogP contribution in [0, 0.1) is 0 Å². The van der Waals surface area contributed by atoms with Crippen LogP contribution in [-0.4, -0.2) is 61.3 Å². The molecule has 1 atom stereocenters. The molecule has 20 heavy (non-hydrogen) atoms. The van der Waals surface area contributed by atoms with Crippen molar-refractivity contribution in [3.8, 4) is 0 Å². The van der Waals surface area contributed by atoms with Gasteiger partial charge >= 0.3 is 23.9 Å². The maximum Gasteiger partial charge on any atom is 0.372 e. The van der Waals surface area contributed by atoms with Crippen molar-refractivity contribution >= 4 is 29.7 Å². The van der Waals surface area contributed by atoms with Crippen molar-refractivity contribution < 1.29 is 49.5 Å². The van der Waals surface area contributed by atoms with Crippen molar-refractivity contribution in [2.24, 2.45) is 0 Å². The summed E-state index contributed by atoms with van der Waals surface area (Å²) < 4.78 is 0. The van der Waals surface area contributed by atoms with Crippen LogP contribution in [0.4, 0.5) is 0 Å². The summed E-state index contributed by atoms with van der Waals surface area (Å²) in [5.74, 6) is -6.32. The fraction of sp³-hybridized carbons (Fsp3) is 0.500. The van der Waals surface area contributed by atoms with Gasteiger partial charge in [-0.3, -0.25) is 14.4 Å². The number of carbonyl (C=O) groups excluding carboxylic acids is 1. The molecular weight excluding hydrogens is 280 g/mol. The molecule has 10 heteroatoms. The Balaban J connectivity index is 0. The average Bonchev–Trinajstić information content (AvgIpc) is 2.33. The fourth-order valence-electron chi connectivity index (χ4n) is 0.711. The van der Waals surface area contributed by atoms with Crippen molar-refractivity contribution in [2.75, 3.05) is 0 Å². The first-order valence-electron chi connectivity index (χ1n) is 5.18. The van der Waals surface area contributed by atoms with Gasteiger partial charge in [0.05, 0.1) is 6.42 Å². The number of aliphatic carboxylic acids is 4. The maximum absolute atomic E-state index is 10.2. The second kappa shape index (κ2) is 10.4. The molecule has 0 rings (SSSR count). The molecule has 10 nitrogen and oxygen atoms in total. The quantitative estimate of drug-likeness (QED) is 0.340. The van der Waals surface area contributed by atoms with Gasteiger partial charge in [0.2, 0.25) is 5.78 Å². The lowest BCUT2D eigenvalue weighted by molar-refractivity contribution is -0.150. The molecular formula is C10H14O10. The van der Waals surface area contributed by atoms with Crippen LogP contribution in [0.25, 0.3) is 0 Å². The molecule has 0 saturated carbocycles. The van der Waals surface area contributed by atoms with Gasteiger partial charge in [0.15, 0.2) is 6.10 Å². The molecule has 0 aliphatic heterocycles. The summed E-state index contributed by atoms with van der Waals surface area (Å²) in [7, 11) is 0. The van der Waals surface area contributed by atoms with Crippen LogP contribution in [-0.2, 0) is 24.0 Å². The van der Waals surface area contributed by atoms with Crippen LogP contribution >= 0.6 is 0 Å². The Kier molecular flexibility index (Phi) is 10.4. The van der Waals surface area contributed by atoms with E-state index in [0.29, 0.717) is 0 Å². The molecule has 0 spiro atoms. The Morgan fingerprint density at radius 2 is 1.20 bits per heavy atom. The minimum atomic E-state index is -1.58. The summed E-state index contributed by atoms with van der Waals surface area (Å²) >= 11 is 0. The number of Topliss-reactive ketones (excluding diaryl/α,β-unsaturated/α-hetero) is 1. The van der Waals surface area contributed by atoms with Gasteiger partial charge in [0, 0.05) is 12.8 Å². The molecule has 114 valence electrons. The van der Waals surface area contributed by atoms with E-state index >= 15 is 0 Å². The van der Waals surface area contributed by atoms with Crippen molar-refractivity contribution in [3.05, 3.63) is 0 Å². The lowest BCUT2D eigenvalue weighted by atomic mass is 10.2. The standard InChI is InChI=1S/C5H8O5.C5H6O5/c2*6-3(5(9)10)1-2-4(7)8/h3,6H,1-2H2,(H,7,8)(H,9,10);1-2H2,(H,7,8)(H,9,10). The minimum absolute atomic E-state index is 0.245. The highest BCUT2D eigenvalue weighted by Gasteiger charge is 2.13. The van der Waals surface area contributed by atoms with Gasteiger partial charge in [0.25, 0.3) is 0 Å². The Bertz CT molecular complexity index is 385. The molecule has 0 aromatic heterocycles. The molecule has 1 unspecified atom stereocenters. The van der Waals surface area contributed by atoms with Crippen molar-refractivity contribution in [2.45, 2.75) is 31.8 Å². The molecule has 0 bridgehead atoms. The van der Waals surface area contributed by atoms with Crippen LogP contribution in [0.5, 0.6) is 0 Å². The normalized spacial score (nSPS) is 10.7. The first-order valence-corrected chi connectivity index (χ1v) is 5.18. The number of aliphatic hydroxyl groups excluding tert-OH is 1. The van der Waals surface area contributed by atoms with Gasteiger partial charge in [-0.1, -0.05) is 0 Å². The SMILES string of the molecule is O=C(O)CCC(=O)C(=O)O.O=C(O)CCC(O)C(=O)O. The minimum Gasteiger partial charge on any atom is -0.481 e. The first kappa shape index (κ1) is 19.8. The monoisotopic (exact) mass is 294 g/mol. The highest BCUT2D eigenvalue weighted by molar-refractivity contribution is 6.32. The van der Waals surface area contributed by atoms with Crippen LogP contribution in [0.1, 0.15) is 25.7 Å². The second-order valence-corrected chi connectivity index (χ2v) is 3.41. The lowest BCUT2D eigenvalue weighted by Crippen LogP contribution is -2.20. The third-order valence-electron chi connectivity index (χ3n) is 1.72. The van der Waals surface area contributed by atoms with E-state index in [1.54, 1.807) is 0 Å². The number of carboxylic acid groups (broad SMARTS) is 4. The molecule has 0 aromatic carbocycles. The summed E-state index contributed by atoms with van der Waals surface area (Å²) in [5, 5.41) is 40.6. The van der Waals surface area contributed by atoms with Gasteiger partial charge in [-0.15, -0.1) is 0 Å². The summed E-state index contributed by atoms with van der Waals surface area (Å²) in [6.07, 6.45) is -3.00. The van der Waals surface area contributed by atoms with E-state index in [2.05, 4.69) is 0 Å². The first-order chi connectivity index (χ1) is 9.07. The predicted octanol–water partition coefficient (Wildman–Crippen LogP) is -1.20. The summed E-state index contributed by atoms with van der Waals surface area (Å²) in [4.78, 5) is 49.4. The summed E-state index contributed by atoms with van der Waals surface area (Å²) in [6, 6.07) is 0. The smallest absolute Gasteiger partial charge is 0.372 e. The molecule has 0 aliphatic carbocycles. The number of carboxylic acids is 4. The topological polar surface area (TPSA) is 186 Å². The van der Waals surface area contributed by atoms with Gasteiger partial charge in [-0.05, 0) is 6.42 Å². The molecule has 5 N–H and O–H groups in total. The second-order valence-electron chi connectivity index (χ2n) is 3.41. The van der Waals surface area contributed by atoms with Gasteiger partial charge in [-0.2, -0.15) is 0 Å². The zero-order valence-electron chi connectivity index (χ0n) is 10.2. The molecule has 0 aliphatic rings. The highest BCUT2D eigenvalue weighted by Crippen LogP contribution is 1.96. The van der Waals surface area contributed by atoms with Crippen LogP contribution < -0.4 is 0 Å². The highest BCUT2D eigenvalue weighted by atomic mass is 16.4. The zero-order chi connectivity index (χ0) is 16.3. The van der Waals surface area contributed by atoms with Crippen LogP contribution in [0.15, 0.2) is 0 Å². The number of aliphatic hydroxyl groups is 1. The van der Waals surface area contributed by atoms with E-state index in [-0.39, 0.29) is 12.8 Å². The largest absolute Gasteiger partial charge is 0.481 e. The fourth-order valence-corrected chi connectivity index (χ4v) is 0.711.